The number of aryl methyl sites for hydroxylation is 1. The summed E-state index contributed by atoms with van der Waals surface area (Å²) in [6, 6.07) is 8.62. The van der Waals surface area contributed by atoms with Gasteiger partial charge >= 0.3 is 6.18 Å². The van der Waals surface area contributed by atoms with Crippen LogP contribution in [-0.4, -0.2) is 45.5 Å². The quantitative estimate of drug-likeness (QED) is 0.303. The lowest BCUT2D eigenvalue weighted by atomic mass is 9.78. The van der Waals surface area contributed by atoms with Crippen LogP contribution in [0.25, 0.3) is 0 Å². The van der Waals surface area contributed by atoms with Gasteiger partial charge in [0.2, 0.25) is 0 Å². The molecule has 1 atom stereocenters. The number of anilines is 2. The number of hydrogen-bond donors (Lipinski definition) is 2. The zero-order valence-corrected chi connectivity index (χ0v) is 24.8. The van der Waals surface area contributed by atoms with Gasteiger partial charge in [-0.05, 0) is 93.5 Å². The Hall–Kier alpha value is -3.44. The fourth-order valence-electron chi connectivity index (χ4n) is 5.79. The van der Waals surface area contributed by atoms with Gasteiger partial charge in [0.05, 0.1) is 18.2 Å². The molecule has 11 heteroatoms. The van der Waals surface area contributed by atoms with Crippen LogP contribution in [0.3, 0.4) is 0 Å². The van der Waals surface area contributed by atoms with Crippen molar-refractivity contribution >= 4 is 17.3 Å². The molecule has 1 aromatic heterocycles. The van der Waals surface area contributed by atoms with Crippen LogP contribution in [0.5, 0.6) is 0 Å². The predicted octanol–water partition coefficient (Wildman–Crippen LogP) is 5.65. The van der Waals surface area contributed by atoms with E-state index >= 15 is 0 Å². The number of methoxy groups -OCH3 is 1. The van der Waals surface area contributed by atoms with E-state index in [1.54, 1.807) is 19.5 Å². The molecule has 0 radical (unpaired) electrons. The van der Waals surface area contributed by atoms with E-state index in [0.29, 0.717) is 24.1 Å². The SMILES string of the molecule is CO[C@@H](Cc1cc(NC(C)C)cc(N2Cc3c(cc(CNC4(C)CCC4)cc3C(F)(F)F)C2=O)c1)Cc1nncn1C. The van der Waals surface area contributed by atoms with Crippen LogP contribution in [0.15, 0.2) is 36.7 Å². The van der Waals surface area contributed by atoms with Crippen molar-refractivity contribution in [3.63, 3.8) is 0 Å². The van der Waals surface area contributed by atoms with Crippen molar-refractivity contribution in [2.75, 3.05) is 17.3 Å². The molecule has 0 saturated heterocycles. The molecule has 8 nitrogen and oxygen atoms in total. The number of fused-ring (bicyclic) bond motifs is 1. The zero-order valence-electron chi connectivity index (χ0n) is 24.8. The van der Waals surface area contributed by atoms with Crippen molar-refractivity contribution in [1.29, 1.82) is 0 Å². The Morgan fingerprint density at radius 3 is 2.45 bits per heavy atom. The molecule has 2 N–H and O–H groups in total. The lowest BCUT2D eigenvalue weighted by Crippen LogP contribution is -2.47. The maximum absolute atomic E-state index is 14.3. The van der Waals surface area contributed by atoms with Gasteiger partial charge in [0, 0.05) is 55.6 Å². The number of hydrogen-bond acceptors (Lipinski definition) is 6. The van der Waals surface area contributed by atoms with Crippen LogP contribution >= 0.6 is 0 Å². The first-order valence-electron chi connectivity index (χ1n) is 14.4. The van der Waals surface area contributed by atoms with Crippen molar-refractivity contribution in [1.82, 2.24) is 20.1 Å². The van der Waals surface area contributed by atoms with E-state index in [1.165, 1.54) is 11.0 Å². The number of rotatable bonds is 11. The second-order valence-electron chi connectivity index (χ2n) is 12.1. The van der Waals surface area contributed by atoms with Gasteiger partial charge in [0.25, 0.3) is 5.91 Å². The fourth-order valence-corrected chi connectivity index (χ4v) is 5.79. The minimum absolute atomic E-state index is 0.0203. The molecule has 0 bridgehead atoms. The molecule has 5 rings (SSSR count). The average molecular weight is 585 g/mol. The number of ether oxygens (including phenoxy) is 1. The van der Waals surface area contributed by atoms with E-state index in [1.807, 2.05) is 43.7 Å². The van der Waals surface area contributed by atoms with Crippen molar-refractivity contribution in [2.24, 2.45) is 7.05 Å². The molecule has 1 aliphatic heterocycles. The Labute approximate surface area is 244 Å². The molecule has 2 heterocycles. The van der Waals surface area contributed by atoms with Crippen molar-refractivity contribution in [2.45, 2.75) is 89.8 Å². The van der Waals surface area contributed by atoms with E-state index in [9.17, 15) is 18.0 Å². The number of aromatic nitrogens is 3. The Bertz CT molecular complexity index is 1450. The first-order chi connectivity index (χ1) is 19.8. The summed E-state index contributed by atoms with van der Waals surface area (Å²) >= 11 is 0. The van der Waals surface area contributed by atoms with Crippen LogP contribution in [0.1, 0.15) is 78.5 Å². The average Bonchev–Trinajstić information content (AvgIpc) is 3.46. The first-order valence-corrected chi connectivity index (χ1v) is 14.4. The Morgan fingerprint density at radius 1 is 1.10 bits per heavy atom. The Kier molecular flexibility index (Phi) is 8.35. The monoisotopic (exact) mass is 584 g/mol. The molecule has 0 spiro atoms. The molecular weight excluding hydrogens is 545 g/mol. The summed E-state index contributed by atoms with van der Waals surface area (Å²) in [6.45, 7) is 6.22. The standard InChI is InChI=1S/C31H39F3N6O2/c1-19(2)37-22-9-20(11-24(42-5)15-28-38-36-18-39(28)4)10-23(14-22)40-17-26-25(29(40)41)12-21(13-27(26)31(32,33)34)16-35-30(3)7-6-8-30/h9-10,12-14,18-19,24,35,37H,6-8,11,15-17H2,1-5H3/t24-/m0/s1. The largest absolute Gasteiger partial charge is 0.416 e. The third-order valence-corrected chi connectivity index (χ3v) is 8.34. The van der Waals surface area contributed by atoms with Gasteiger partial charge in [0.15, 0.2) is 0 Å². The zero-order chi connectivity index (χ0) is 30.2. The van der Waals surface area contributed by atoms with Gasteiger partial charge in [-0.3, -0.25) is 4.79 Å². The number of alkyl halides is 3. The third kappa shape index (κ3) is 6.47. The summed E-state index contributed by atoms with van der Waals surface area (Å²) in [5.41, 5.74) is 2.00. The highest BCUT2D eigenvalue weighted by molar-refractivity contribution is 6.10. The summed E-state index contributed by atoms with van der Waals surface area (Å²) in [6.07, 6.45) is 0.969. The van der Waals surface area contributed by atoms with E-state index < -0.39 is 17.6 Å². The molecular formula is C31H39F3N6O2. The molecule has 0 unspecified atom stereocenters. The highest BCUT2D eigenvalue weighted by atomic mass is 19.4. The van der Waals surface area contributed by atoms with E-state index in [2.05, 4.69) is 27.8 Å². The Balaban J connectivity index is 1.46. The first kappa shape index (κ1) is 30.0. The number of carbonyl (C=O) groups excluding carboxylic acids is 1. The van der Waals surface area contributed by atoms with Gasteiger partial charge < -0.3 is 24.8 Å². The minimum Gasteiger partial charge on any atom is -0.383 e. The summed E-state index contributed by atoms with van der Waals surface area (Å²) in [4.78, 5) is 15.2. The van der Waals surface area contributed by atoms with E-state index in [4.69, 9.17) is 4.74 Å². The lowest BCUT2D eigenvalue weighted by molar-refractivity contribution is -0.138. The number of carbonyl (C=O) groups is 1. The molecule has 226 valence electrons. The molecule has 2 aliphatic rings. The number of amides is 1. The molecule has 3 aromatic rings. The van der Waals surface area contributed by atoms with Crippen LogP contribution in [0.4, 0.5) is 24.5 Å². The molecule has 1 fully saturated rings. The van der Waals surface area contributed by atoms with Crippen molar-refractivity contribution in [3.05, 3.63) is 70.3 Å². The van der Waals surface area contributed by atoms with E-state index in [-0.39, 0.29) is 41.9 Å². The van der Waals surface area contributed by atoms with Gasteiger partial charge in [-0.2, -0.15) is 13.2 Å². The van der Waals surface area contributed by atoms with Crippen molar-refractivity contribution < 1.29 is 22.7 Å². The lowest BCUT2D eigenvalue weighted by Gasteiger charge is -2.39. The minimum atomic E-state index is -4.57. The van der Waals surface area contributed by atoms with Crippen LogP contribution in [0.2, 0.25) is 0 Å². The van der Waals surface area contributed by atoms with Gasteiger partial charge in [-0.1, -0.05) is 0 Å². The summed E-state index contributed by atoms with van der Waals surface area (Å²) < 4.78 is 50.4. The number of nitrogens with one attached hydrogen (secondary N) is 2. The normalized spacial score (nSPS) is 17.0. The predicted molar refractivity (Wildman–Crippen MR) is 155 cm³/mol. The maximum atomic E-state index is 14.3. The van der Waals surface area contributed by atoms with Crippen LogP contribution in [-0.2, 0) is 43.9 Å². The fraction of sp³-hybridized carbons (Fsp3) is 0.516. The Morgan fingerprint density at radius 2 is 1.86 bits per heavy atom. The molecule has 42 heavy (non-hydrogen) atoms. The number of halogens is 3. The molecule has 1 aliphatic carbocycles. The highest BCUT2D eigenvalue weighted by Crippen LogP contribution is 2.40. The molecule has 1 saturated carbocycles. The highest BCUT2D eigenvalue weighted by Gasteiger charge is 2.41. The maximum Gasteiger partial charge on any atom is 0.416 e. The smallest absolute Gasteiger partial charge is 0.383 e. The summed E-state index contributed by atoms with van der Waals surface area (Å²) in [5, 5.41) is 14.9. The summed E-state index contributed by atoms with van der Waals surface area (Å²) in [7, 11) is 3.50. The molecule has 2 aromatic carbocycles. The second kappa shape index (κ2) is 11.7. The third-order valence-electron chi connectivity index (χ3n) is 8.34. The second-order valence-corrected chi connectivity index (χ2v) is 12.1. The van der Waals surface area contributed by atoms with Gasteiger partial charge in [0.1, 0.15) is 12.2 Å². The number of benzene rings is 2. The topological polar surface area (TPSA) is 84.3 Å². The van der Waals surface area contributed by atoms with Gasteiger partial charge in [-0.15, -0.1) is 10.2 Å². The summed E-state index contributed by atoms with van der Waals surface area (Å²) in [5.74, 6) is 0.349. The van der Waals surface area contributed by atoms with Crippen molar-refractivity contribution in [3.8, 4) is 0 Å². The van der Waals surface area contributed by atoms with Crippen LogP contribution < -0.4 is 15.5 Å². The van der Waals surface area contributed by atoms with Crippen LogP contribution in [0, 0.1) is 0 Å². The van der Waals surface area contributed by atoms with E-state index in [0.717, 1.165) is 36.3 Å². The molecule has 1 amide bonds. The van der Waals surface area contributed by atoms with Gasteiger partial charge in [-0.25, -0.2) is 0 Å². The number of nitrogens with zero attached hydrogens (tertiary/aromatic N) is 4.